The van der Waals surface area contributed by atoms with Crippen molar-refractivity contribution in [2.24, 2.45) is 0 Å². The molecule has 0 aliphatic carbocycles. The Balaban J connectivity index is 2.11. The van der Waals surface area contributed by atoms with Crippen molar-refractivity contribution in [3.8, 4) is 23.2 Å². The summed E-state index contributed by atoms with van der Waals surface area (Å²) in [5.41, 5.74) is 0.586. The molecule has 0 aliphatic heterocycles. The van der Waals surface area contributed by atoms with Crippen LogP contribution in [0.25, 0.3) is 11.4 Å². The lowest BCUT2D eigenvalue weighted by atomic mass is 10.2. The Morgan fingerprint density at radius 1 is 1.52 bits per heavy atom. The fourth-order valence-electron chi connectivity index (χ4n) is 1.92. The van der Waals surface area contributed by atoms with Crippen molar-refractivity contribution in [2.45, 2.75) is 19.9 Å². The molecular formula is C17H18N4O4. The first kappa shape index (κ1) is 18.0. The smallest absolute Gasteiger partial charge is 0.265 e. The number of nitrogens with zero attached hydrogens (tertiary/aromatic N) is 3. The van der Waals surface area contributed by atoms with Crippen LogP contribution in [0, 0.1) is 11.3 Å². The van der Waals surface area contributed by atoms with E-state index in [1.165, 1.54) is 0 Å². The molecule has 1 N–H and O–H groups in total. The number of amides is 1. The monoisotopic (exact) mass is 342 g/mol. The van der Waals surface area contributed by atoms with Crippen molar-refractivity contribution in [3.05, 3.63) is 42.0 Å². The van der Waals surface area contributed by atoms with Gasteiger partial charge < -0.3 is 19.3 Å². The quantitative estimate of drug-likeness (QED) is 0.467. The number of rotatable bonds is 7. The van der Waals surface area contributed by atoms with Gasteiger partial charge in [-0.05, 0) is 26.0 Å². The number of carbonyl (C=O) groups excluding carboxylic acids is 1. The van der Waals surface area contributed by atoms with Gasteiger partial charge in [0.1, 0.15) is 24.1 Å². The van der Waals surface area contributed by atoms with E-state index in [0.717, 1.165) is 11.8 Å². The van der Waals surface area contributed by atoms with Gasteiger partial charge in [-0.25, -0.2) is 0 Å². The summed E-state index contributed by atoms with van der Waals surface area (Å²) in [7, 11) is 1.57. The predicted octanol–water partition coefficient (Wildman–Crippen LogP) is 2.37. The minimum atomic E-state index is -0.579. The summed E-state index contributed by atoms with van der Waals surface area (Å²) in [6, 6.07) is 8.42. The number of hydrogen-bond donors (Lipinski definition) is 1. The number of nitriles is 1. The van der Waals surface area contributed by atoms with Crippen LogP contribution in [0.4, 0.5) is 0 Å². The Hall–Kier alpha value is -3.34. The molecule has 8 heteroatoms. The van der Waals surface area contributed by atoms with Gasteiger partial charge in [0, 0.05) is 5.56 Å². The van der Waals surface area contributed by atoms with E-state index in [1.807, 2.05) is 18.2 Å². The van der Waals surface area contributed by atoms with Crippen molar-refractivity contribution in [3.63, 3.8) is 0 Å². The topological polar surface area (TPSA) is 110 Å². The van der Waals surface area contributed by atoms with Gasteiger partial charge in [0.05, 0.1) is 13.7 Å². The Bertz CT molecular complexity index is 807. The molecule has 2 rings (SSSR count). The van der Waals surface area contributed by atoms with Gasteiger partial charge in [0.25, 0.3) is 5.91 Å². The first-order valence-electron chi connectivity index (χ1n) is 7.59. The SMILES string of the molecule is CCO/C=C(\C#N)C(=O)NC(C)c1nc(-c2cccc(OC)c2)no1. The van der Waals surface area contributed by atoms with E-state index < -0.39 is 11.9 Å². The van der Waals surface area contributed by atoms with E-state index >= 15 is 0 Å². The lowest BCUT2D eigenvalue weighted by molar-refractivity contribution is -0.118. The van der Waals surface area contributed by atoms with Crippen LogP contribution in [-0.2, 0) is 9.53 Å². The van der Waals surface area contributed by atoms with Crippen molar-refractivity contribution >= 4 is 5.91 Å². The van der Waals surface area contributed by atoms with Gasteiger partial charge in [-0.3, -0.25) is 4.79 Å². The van der Waals surface area contributed by atoms with Crippen molar-refractivity contribution in [1.82, 2.24) is 15.5 Å². The highest BCUT2D eigenvalue weighted by Gasteiger charge is 2.19. The van der Waals surface area contributed by atoms with E-state index in [2.05, 4.69) is 15.5 Å². The number of aromatic nitrogens is 2. The first-order valence-corrected chi connectivity index (χ1v) is 7.59. The zero-order valence-electron chi connectivity index (χ0n) is 14.1. The largest absolute Gasteiger partial charge is 0.500 e. The average Bonchev–Trinajstić information content (AvgIpc) is 3.12. The summed E-state index contributed by atoms with van der Waals surface area (Å²) < 4.78 is 15.3. The molecule has 0 bridgehead atoms. The Kier molecular flexibility index (Phi) is 6.12. The zero-order chi connectivity index (χ0) is 18.2. The molecule has 0 spiro atoms. The minimum absolute atomic E-state index is 0.138. The molecule has 2 aromatic rings. The maximum absolute atomic E-state index is 12.0. The zero-order valence-corrected chi connectivity index (χ0v) is 14.1. The van der Waals surface area contributed by atoms with Crippen LogP contribution in [-0.4, -0.2) is 29.8 Å². The van der Waals surface area contributed by atoms with Crippen LogP contribution in [0.1, 0.15) is 25.8 Å². The molecule has 8 nitrogen and oxygen atoms in total. The van der Waals surface area contributed by atoms with E-state index in [9.17, 15) is 4.79 Å². The molecule has 0 aliphatic rings. The molecule has 1 unspecified atom stereocenters. The van der Waals surface area contributed by atoms with Crippen molar-refractivity contribution < 1.29 is 18.8 Å². The van der Waals surface area contributed by atoms with Crippen molar-refractivity contribution in [1.29, 1.82) is 5.26 Å². The van der Waals surface area contributed by atoms with Gasteiger partial charge in [-0.15, -0.1) is 0 Å². The molecule has 0 saturated heterocycles. The Labute approximate surface area is 145 Å². The molecule has 0 fully saturated rings. The van der Waals surface area contributed by atoms with Crippen LogP contribution >= 0.6 is 0 Å². The van der Waals surface area contributed by atoms with Gasteiger partial charge >= 0.3 is 0 Å². The van der Waals surface area contributed by atoms with Crippen LogP contribution in [0.15, 0.2) is 40.6 Å². The second kappa shape index (κ2) is 8.49. The summed E-state index contributed by atoms with van der Waals surface area (Å²) in [5, 5.41) is 15.5. The maximum Gasteiger partial charge on any atom is 0.265 e. The third-order valence-corrected chi connectivity index (χ3v) is 3.22. The number of hydrogen-bond acceptors (Lipinski definition) is 7. The summed E-state index contributed by atoms with van der Waals surface area (Å²) in [6.45, 7) is 3.79. The molecule has 1 atom stereocenters. The molecule has 130 valence electrons. The molecule has 0 radical (unpaired) electrons. The van der Waals surface area contributed by atoms with Gasteiger partial charge in [0.2, 0.25) is 11.7 Å². The highest BCUT2D eigenvalue weighted by atomic mass is 16.5. The Morgan fingerprint density at radius 2 is 2.32 bits per heavy atom. The highest BCUT2D eigenvalue weighted by molar-refractivity contribution is 5.97. The maximum atomic E-state index is 12.0. The van der Waals surface area contributed by atoms with Crippen LogP contribution in [0.3, 0.4) is 0 Å². The van der Waals surface area contributed by atoms with E-state index in [4.69, 9.17) is 19.3 Å². The number of carbonyl (C=O) groups is 1. The van der Waals surface area contributed by atoms with Crippen LogP contribution < -0.4 is 10.1 Å². The van der Waals surface area contributed by atoms with Crippen LogP contribution in [0.5, 0.6) is 5.75 Å². The van der Waals surface area contributed by atoms with Gasteiger partial charge in [0.15, 0.2) is 5.57 Å². The van der Waals surface area contributed by atoms with E-state index in [0.29, 0.717) is 18.2 Å². The fraction of sp³-hybridized carbons (Fsp3) is 0.294. The summed E-state index contributed by atoms with van der Waals surface area (Å²) in [5.74, 6) is 0.690. The molecule has 0 saturated carbocycles. The number of benzene rings is 1. The van der Waals surface area contributed by atoms with E-state index in [1.54, 1.807) is 33.1 Å². The standard InChI is InChI=1S/C17H18N4O4/c1-4-24-10-13(9-18)16(22)19-11(2)17-20-15(21-25-17)12-6-5-7-14(8-12)23-3/h5-8,10-11H,4H2,1-3H3,(H,19,22)/b13-10+. The number of nitrogens with one attached hydrogen (secondary N) is 1. The van der Waals surface area contributed by atoms with Crippen LogP contribution in [0.2, 0.25) is 0 Å². The molecule has 1 aromatic heterocycles. The first-order chi connectivity index (χ1) is 12.1. The van der Waals surface area contributed by atoms with E-state index in [-0.39, 0.29) is 11.5 Å². The molecule has 25 heavy (non-hydrogen) atoms. The minimum Gasteiger partial charge on any atom is -0.500 e. The van der Waals surface area contributed by atoms with Crippen molar-refractivity contribution in [2.75, 3.05) is 13.7 Å². The highest BCUT2D eigenvalue weighted by Crippen LogP contribution is 2.22. The fourth-order valence-corrected chi connectivity index (χ4v) is 1.92. The predicted molar refractivity (Wildman–Crippen MR) is 88.2 cm³/mol. The molecule has 1 amide bonds. The van der Waals surface area contributed by atoms with Gasteiger partial charge in [-0.2, -0.15) is 10.2 Å². The summed E-state index contributed by atoms with van der Waals surface area (Å²) in [4.78, 5) is 16.3. The van der Waals surface area contributed by atoms with Gasteiger partial charge in [-0.1, -0.05) is 17.3 Å². The lowest BCUT2D eigenvalue weighted by Gasteiger charge is -2.08. The molecular weight excluding hydrogens is 324 g/mol. The lowest BCUT2D eigenvalue weighted by Crippen LogP contribution is -2.28. The third-order valence-electron chi connectivity index (χ3n) is 3.22. The molecule has 1 aromatic carbocycles. The Morgan fingerprint density at radius 3 is 3.00 bits per heavy atom. The number of methoxy groups -OCH3 is 1. The summed E-state index contributed by atoms with van der Waals surface area (Å²) in [6.07, 6.45) is 1.12. The second-order valence-electron chi connectivity index (χ2n) is 4.98. The second-order valence-corrected chi connectivity index (χ2v) is 4.98. The summed E-state index contributed by atoms with van der Waals surface area (Å²) >= 11 is 0. The average molecular weight is 342 g/mol. The third kappa shape index (κ3) is 4.57. The molecule has 1 heterocycles. The normalized spacial score (nSPS) is 12.2. The number of ether oxygens (including phenoxy) is 2.